The molecule has 12 rings (SSSR count). The van der Waals surface area contributed by atoms with Crippen molar-refractivity contribution in [3.8, 4) is 16.9 Å². The molecule has 0 spiro atoms. The zero-order chi connectivity index (χ0) is 40.3. The molecule has 0 amide bonds. The number of hydrogen-bond donors (Lipinski definition) is 0. The minimum Gasteiger partial charge on any atom is -0.310 e. The van der Waals surface area contributed by atoms with E-state index in [1.165, 1.54) is 66.5 Å². The molecule has 0 saturated heterocycles. The summed E-state index contributed by atoms with van der Waals surface area (Å²) < 4.78 is 2.67. The molecular formula is C56H44BN3. The molecule has 8 aromatic carbocycles. The second-order valence-electron chi connectivity index (χ2n) is 17.7. The summed E-state index contributed by atoms with van der Waals surface area (Å²) in [6, 6.07) is 71.8. The maximum atomic E-state index is 2.67. The number of fused-ring (bicyclic) bond motifs is 9. The predicted octanol–water partition coefficient (Wildman–Crippen LogP) is 12.3. The fourth-order valence-electron chi connectivity index (χ4n) is 11.2. The number of anilines is 6. The van der Waals surface area contributed by atoms with E-state index in [2.05, 4.69) is 236 Å². The van der Waals surface area contributed by atoms with Gasteiger partial charge in [-0.15, -0.1) is 0 Å². The van der Waals surface area contributed by atoms with Crippen LogP contribution in [0.1, 0.15) is 49.9 Å². The Hall–Kier alpha value is -7.04. The molecule has 0 unspecified atom stereocenters. The van der Waals surface area contributed by atoms with Gasteiger partial charge in [-0.2, -0.15) is 0 Å². The summed E-state index contributed by atoms with van der Waals surface area (Å²) in [5, 5.41) is 1.35. The Balaban J connectivity index is 1.19. The van der Waals surface area contributed by atoms with E-state index in [0.717, 1.165) is 34.1 Å². The first-order chi connectivity index (χ1) is 29.3. The zero-order valence-electron chi connectivity index (χ0n) is 34.4. The number of aromatic nitrogens is 1. The minimum absolute atomic E-state index is 0.0644. The van der Waals surface area contributed by atoms with Gasteiger partial charge in [-0.25, -0.2) is 0 Å². The summed E-state index contributed by atoms with van der Waals surface area (Å²) in [6.45, 7) is 9.80. The molecule has 3 aliphatic rings. The van der Waals surface area contributed by atoms with Crippen LogP contribution in [-0.2, 0) is 10.8 Å². The van der Waals surface area contributed by atoms with E-state index in [1.54, 1.807) is 0 Å². The van der Waals surface area contributed by atoms with Crippen molar-refractivity contribution in [2.24, 2.45) is 0 Å². The molecule has 1 aromatic heterocycles. The third-order valence-corrected chi connectivity index (χ3v) is 13.8. The lowest BCUT2D eigenvalue weighted by molar-refractivity contribution is 0.645. The van der Waals surface area contributed by atoms with Gasteiger partial charge in [0.05, 0.1) is 5.69 Å². The molecule has 0 bridgehead atoms. The Labute approximate surface area is 352 Å². The normalized spacial score (nSPS) is 14.6. The smallest absolute Gasteiger partial charge is 0.247 e. The van der Waals surface area contributed by atoms with Crippen molar-refractivity contribution in [3.05, 3.63) is 216 Å². The highest BCUT2D eigenvalue weighted by atomic mass is 15.2. The van der Waals surface area contributed by atoms with Gasteiger partial charge < -0.3 is 14.4 Å². The summed E-state index contributed by atoms with van der Waals surface area (Å²) in [7, 11) is 0. The monoisotopic (exact) mass is 769 g/mol. The molecule has 286 valence electrons. The molecule has 0 saturated carbocycles. The summed E-state index contributed by atoms with van der Waals surface area (Å²) in [6.07, 6.45) is 0. The van der Waals surface area contributed by atoms with Gasteiger partial charge in [0, 0.05) is 67.1 Å². The van der Waals surface area contributed by atoms with Crippen molar-refractivity contribution in [1.29, 1.82) is 0 Å². The van der Waals surface area contributed by atoms with Crippen molar-refractivity contribution in [3.63, 3.8) is 0 Å². The molecule has 4 heteroatoms. The highest BCUT2D eigenvalue weighted by Gasteiger charge is 2.49. The van der Waals surface area contributed by atoms with Crippen molar-refractivity contribution in [2.75, 3.05) is 9.80 Å². The van der Waals surface area contributed by atoms with Crippen molar-refractivity contribution in [2.45, 2.75) is 38.5 Å². The molecule has 0 N–H and O–H groups in total. The topological polar surface area (TPSA) is 11.4 Å². The van der Waals surface area contributed by atoms with Gasteiger partial charge in [0.25, 0.3) is 0 Å². The van der Waals surface area contributed by atoms with Crippen LogP contribution in [0.4, 0.5) is 34.1 Å². The van der Waals surface area contributed by atoms with Gasteiger partial charge in [-0.1, -0.05) is 154 Å². The van der Waals surface area contributed by atoms with Crippen LogP contribution in [0, 0.1) is 0 Å². The van der Waals surface area contributed by atoms with E-state index in [1.807, 2.05) is 0 Å². The van der Waals surface area contributed by atoms with Crippen molar-refractivity contribution >= 4 is 68.1 Å². The number of nitrogens with zero attached hydrogens (tertiary/aromatic N) is 3. The van der Waals surface area contributed by atoms with Crippen LogP contribution >= 0.6 is 0 Å². The van der Waals surface area contributed by atoms with Gasteiger partial charge in [0.15, 0.2) is 0 Å². The van der Waals surface area contributed by atoms with E-state index in [0.29, 0.717) is 0 Å². The first-order valence-electron chi connectivity index (χ1n) is 21.2. The molecule has 3 heterocycles. The van der Waals surface area contributed by atoms with Gasteiger partial charge >= 0.3 is 0 Å². The van der Waals surface area contributed by atoms with Gasteiger partial charge in [0.1, 0.15) is 0 Å². The van der Waals surface area contributed by atoms with Crippen LogP contribution in [0.15, 0.2) is 194 Å². The molecule has 3 nitrogen and oxygen atoms in total. The fourth-order valence-corrected chi connectivity index (χ4v) is 11.2. The average Bonchev–Trinajstić information content (AvgIpc) is 3.76. The molecule has 1 aliphatic carbocycles. The van der Waals surface area contributed by atoms with E-state index in [9.17, 15) is 0 Å². The molecule has 0 atom stereocenters. The van der Waals surface area contributed by atoms with Gasteiger partial charge in [-0.3, -0.25) is 0 Å². The lowest BCUT2D eigenvalue weighted by Crippen LogP contribution is -2.63. The molecule has 9 aromatic rings. The first kappa shape index (κ1) is 35.0. The minimum atomic E-state index is -0.348. The summed E-state index contributed by atoms with van der Waals surface area (Å²) >= 11 is 0. The molecule has 60 heavy (non-hydrogen) atoms. The molecule has 0 fully saturated rings. The quantitative estimate of drug-likeness (QED) is 0.156. The lowest BCUT2D eigenvalue weighted by atomic mass is 9.30. The Morgan fingerprint density at radius 3 is 1.55 bits per heavy atom. The van der Waals surface area contributed by atoms with Gasteiger partial charge in [0.2, 0.25) is 6.71 Å². The van der Waals surface area contributed by atoms with Crippen molar-refractivity contribution < 1.29 is 0 Å². The van der Waals surface area contributed by atoms with Crippen LogP contribution in [0.3, 0.4) is 0 Å². The second-order valence-corrected chi connectivity index (χ2v) is 17.7. The average molecular weight is 770 g/mol. The molecule has 2 aliphatic heterocycles. The predicted molar refractivity (Wildman–Crippen MR) is 253 cm³/mol. The first-order valence-corrected chi connectivity index (χ1v) is 21.2. The second kappa shape index (κ2) is 12.7. The van der Waals surface area contributed by atoms with E-state index in [4.69, 9.17) is 0 Å². The molecule has 0 radical (unpaired) electrons. The zero-order valence-corrected chi connectivity index (χ0v) is 34.4. The number of rotatable bonds is 6. The summed E-state index contributed by atoms with van der Waals surface area (Å²) in [5.41, 5.74) is 21.4. The Kier molecular flexibility index (Phi) is 7.42. The summed E-state index contributed by atoms with van der Waals surface area (Å²) in [5.74, 6) is 0. The highest BCUT2D eigenvalue weighted by molar-refractivity contribution is 6.99. The maximum absolute atomic E-state index is 2.67. The summed E-state index contributed by atoms with van der Waals surface area (Å²) in [4.78, 5) is 4.84. The Morgan fingerprint density at radius 2 is 0.950 bits per heavy atom. The Bertz CT molecular complexity index is 3070. The highest BCUT2D eigenvalue weighted by Crippen LogP contribution is 2.55. The van der Waals surface area contributed by atoms with Crippen LogP contribution in [0.5, 0.6) is 0 Å². The van der Waals surface area contributed by atoms with E-state index in [-0.39, 0.29) is 17.5 Å². The van der Waals surface area contributed by atoms with E-state index < -0.39 is 0 Å². The molecular weight excluding hydrogens is 725 g/mol. The van der Waals surface area contributed by atoms with Crippen LogP contribution in [-0.4, -0.2) is 11.3 Å². The fraction of sp³-hybridized carbons (Fsp3) is 0.107. The largest absolute Gasteiger partial charge is 0.310 e. The van der Waals surface area contributed by atoms with Crippen LogP contribution in [0.2, 0.25) is 0 Å². The maximum Gasteiger partial charge on any atom is 0.247 e. The number of hydrogen-bond acceptors (Lipinski definition) is 2. The Morgan fingerprint density at radius 1 is 0.417 bits per heavy atom. The van der Waals surface area contributed by atoms with Crippen LogP contribution < -0.4 is 26.2 Å². The lowest BCUT2D eigenvalue weighted by Gasteiger charge is -2.43. The third kappa shape index (κ3) is 4.79. The van der Waals surface area contributed by atoms with Gasteiger partial charge in [-0.05, 0) is 106 Å². The van der Waals surface area contributed by atoms with E-state index >= 15 is 0 Å². The SMILES string of the molecule is CC1(C)c2cc(N(c3ccccc3)c3ccccc3)ccc2B2c3c(cc(N(c4ccccc4)c4ccccc4)cc31)-n1c3c(c4cccc2c41)C(C)(C)c1ccccc1-3. The number of para-hydroxylation sites is 5. The third-order valence-electron chi connectivity index (χ3n) is 13.8. The number of benzene rings is 8. The van der Waals surface area contributed by atoms with Crippen LogP contribution in [0.25, 0.3) is 27.8 Å². The standard InChI is InChI=1S/C56H44BN3/c1-55(2)46-34-41(58(37-20-9-5-10-21-37)38-22-11-6-12-23-38)32-33-48(46)57-49-31-19-29-44-51-54(43-28-17-18-30-45(43)56(51,3)4)60(53(44)49)50-36-42(35-47(55)52(50)57)59(39-24-13-7-14-25-39)40-26-15-8-16-27-40/h5-36H,1-4H3. The van der Waals surface area contributed by atoms with Crippen molar-refractivity contribution in [1.82, 2.24) is 4.57 Å².